The van der Waals surface area contributed by atoms with Crippen LogP contribution in [0.5, 0.6) is 11.5 Å². The largest absolute Gasteiger partial charge is 0.497 e. The van der Waals surface area contributed by atoms with Gasteiger partial charge in [-0.25, -0.2) is 4.79 Å². The standard InChI is InChI=1S/C30H30N2O6.C16H34O.C6H15N.C3H6NOP/c1-35-24-12-8-22(9-13-24)30(21-6-4-3-5-7-21,23-10-14-25(36-2)15-11-23)37-20-26-16-17-28(38-26)32-19-18-27(33)31-29(32)34;1-2-3-4-5-6-7-8-9-10-11-12-13-14-15-16-17;1-5(2)7-6(3)4;4-2-1-3-5-6/h3-15,18-19,26,28H,16-17,20H2,1-2H3,(H,31,33,34);17H,2-16H2,1H3;5-7H,1-4H3;1,3,6H2. The fraction of sp³-hybridized carbons (Fsp3) is 0.582. The Bertz CT molecular complexity index is 1930. The van der Waals surface area contributed by atoms with E-state index < -0.39 is 23.1 Å². The molecule has 3 N–H and O–H groups in total. The summed E-state index contributed by atoms with van der Waals surface area (Å²) in [6.07, 6.45) is 21.8. The lowest BCUT2D eigenvalue weighted by Gasteiger charge is -2.37. The van der Waals surface area contributed by atoms with Crippen molar-refractivity contribution in [3.8, 4) is 17.6 Å². The second kappa shape index (κ2) is 36.6. The summed E-state index contributed by atoms with van der Waals surface area (Å²) in [6, 6.07) is 30.3. The zero-order chi connectivity index (χ0) is 49.8. The van der Waals surface area contributed by atoms with Gasteiger partial charge in [-0.2, -0.15) is 5.26 Å². The minimum atomic E-state index is -0.948. The van der Waals surface area contributed by atoms with Crippen LogP contribution in [0.3, 0.4) is 0 Å². The van der Waals surface area contributed by atoms with Crippen LogP contribution in [0.2, 0.25) is 0 Å². The molecule has 0 amide bonds. The van der Waals surface area contributed by atoms with Crippen molar-refractivity contribution in [2.24, 2.45) is 0 Å². The molecule has 1 aliphatic rings. The smallest absolute Gasteiger partial charge is 0.330 e. The van der Waals surface area contributed by atoms with Gasteiger partial charge in [0.05, 0.1) is 46.0 Å². The number of hydrogen-bond acceptors (Lipinski definition) is 10. The van der Waals surface area contributed by atoms with Crippen molar-refractivity contribution < 1.29 is 28.6 Å². The van der Waals surface area contributed by atoms with E-state index in [0.29, 0.717) is 44.6 Å². The number of H-pyrrole nitrogens is 1. The fourth-order valence-corrected chi connectivity index (χ4v) is 8.16. The maximum Gasteiger partial charge on any atom is 0.330 e. The van der Waals surface area contributed by atoms with Crippen molar-refractivity contribution in [3.63, 3.8) is 0 Å². The van der Waals surface area contributed by atoms with E-state index in [0.717, 1.165) is 34.6 Å². The number of hydrogen-bond donors (Lipinski definition) is 3. The van der Waals surface area contributed by atoms with Crippen molar-refractivity contribution >= 4 is 9.47 Å². The third-order valence-corrected chi connectivity index (χ3v) is 11.7. The summed E-state index contributed by atoms with van der Waals surface area (Å²) < 4.78 is 29.8. The SMILES string of the molecule is CC(C)NC(C)C.CCCCCCCCCCCCCCCCO.COc1ccc(C(OCC2CCC(n3ccc(=O)[nH]c3=O)O2)(c2ccccc2)c2ccc(OC)cc2)cc1.N#CCCOP. The van der Waals surface area contributed by atoms with E-state index in [9.17, 15) is 9.59 Å². The van der Waals surface area contributed by atoms with E-state index >= 15 is 0 Å². The molecule has 4 aromatic rings. The first kappa shape index (κ1) is 59.8. The number of aliphatic hydroxyl groups is 1. The van der Waals surface area contributed by atoms with E-state index in [4.69, 9.17) is 29.3 Å². The van der Waals surface area contributed by atoms with Crippen LogP contribution in [0.25, 0.3) is 0 Å². The molecule has 5 rings (SSSR count). The molecule has 3 atom stereocenters. The molecule has 1 saturated heterocycles. The number of nitriles is 1. The van der Waals surface area contributed by atoms with Gasteiger partial charge in [0, 0.05) is 40.4 Å². The lowest BCUT2D eigenvalue weighted by molar-refractivity contribution is -0.0774. The molecule has 3 aromatic carbocycles. The molecule has 0 bridgehead atoms. The first-order valence-electron chi connectivity index (χ1n) is 25.0. The van der Waals surface area contributed by atoms with Crippen LogP contribution in [-0.4, -0.2) is 66.9 Å². The number of aromatic nitrogens is 2. The second-order valence-electron chi connectivity index (χ2n) is 17.7. The topological polar surface area (TPSA) is 157 Å². The predicted molar refractivity (Wildman–Crippen MR) is 279 cm³/mol. The van der Waals surface area contributed by atoms with E-state index in [1.807, 2.05) is 84.9 Å². The number of methoxy groups -OCH3 is 2. The molecule has 0 radical (unpaired) electrons. The van der Waals surface area contributed by atoms with Crippen molar-refractivity contribution in [2.75, 3.05) is 34.0 Å². The summed E-state index contributed by atoms with van der Waals surface area (Å²) in [5, 5.41) is 19.8. The first-order valence-corrected chi connectivity index (χ1v) is 25.5. The molecule has 378 valence electrons. The predicted octanol–water partition coefficient (Wildman–Crippen LogP) is 11.8. The maximum absolute atomic E-state index is 12.3. The van der Waals surface area contributed by atoms with Gasteiger partial charge in [0.1, 0.15) is 23.3 Å². The zero-order valence-corrected chi connectivity index (χ0v) is 43.5. The fourth-order valence-electron chi connectivity index (χ4n) is 8.04. The Morgan fingerprint density at radius 2 is 1.24 bits per heavy atom. The molecule has 68 heavy (non-hydrogen) atoms. The number of aromatic amines is 1. The lowest BCUT2D eigenvalue weighted by Crippen LogP contribution is -2.36. The molecule has 3 unspecified atom stereocenters. The third-order valence-electron chi connectivity index (χ3n) is 11.4. The molecule has 0 saturated carbocycles. The molecule has 1 aromatic heterocycles. The molecular weight excluding hydrogens is 876 g/mol. The summed E-state index contributed by atoms with van der Waals surface area (Å²) in [4.78, 5) is 26.1. The minimum absolute atomic E-state index is 0.251. The van der Waals surface area contributed by atoms with E-state index in [-0.39, 0.29) is 12.7 Å². The van der Waals surface area contributed by atoms with E-state index in [1.165, 1.54) is 100 Å². The van der Waals surface area contributed by atoms with Crippen LogP contribution < -0.4 is 26.0 Å². The number of rotatable bonds is 27. The van der Waals surface area contributed by atoms with Crippen LogP contribution in [0.4, 0.5) is 0 Å². The Hall–Kier alpha value is -4.34. The number of nitrogens with zero attached hydrogens (tertiary/aromatic N) is 2. The van der Waals surface area contributed by atoms with Gasteiger partial charge < -0.3 is 33.9 Å². The highest BCUT2D eigenvalue weighted by Crippen LogP contribution is 2.42. The normalized spacial score (nSPS) is 14.2. The lowest BCUT2D eigenvalue weighted by atomic mass is 9.80. The Labute approximate surface area is 410 Å². The monoisotopic (exact) mass is 961 g/mol. The summed E-state index contributed by atoms with van der Waals surface area (Å²) >= 11 is 0. The average Bonchev–Trinajstić information content (AvgIpc) is 3.82. The van der Waals surface area contributed by atoms with Crippen molar-refractivity contribution in [1.29, 1.82) is 5.26 Å². The number of unbranched alkanes of at least 4 members (excludes halogenated alkanes) is 13. The highest BCUT2D eigenvalue weighted by molar-refractivity contribution is 7.09. The Morgan fingerprint density at radius 1 is 0.750 bits per heavy atom. The Balaban J connectivity index is 0.000000435. The highest BCUT2D eigenvalue weighted by Gasteiger charge is 2.40. The maximum atomic E-state index is 12.3. The number of nitrogens with one attached hydrogen (secondary N) is 2. The van der Waals surface area contributed by atoms with E-state index in [2.05, 4.69) is 58.9 Å². The molecule has 13 heteroatoms. The van der Waals surface area contributed by atoms with Gasteiger partial charge in [-0.15, -0.1) is 0 Å². The van der Waals surface area contributed by atoms with Crippen molar-refractivity contribution in [1.82, 2.24) is 14.9 Å². The Kier molecular flexibility index (Phi) is 32.2. The van der Waals surface area contributed by atoms with Gasteiger partial charge in [0.15, 0.2) is 0 Å². The van der Waals surface area contributed by atoms with Gasteiger partial charge >= 0.3 is 5.69 Å². The summed E-state index contributed by atoms with van der Waals surface area (Å²) in [6.45, 7) is 12.1. The molecule has 1 aliphatic heterocycles. The van der Waals surface area contributed by atoms with Crippen molar-refractivity contribution in [3.05, 3.63) is 129 Å². The van der Waals surface area contributed by atoms with Crippen LogP contribution in [0.15, 0.2) is 101 Å². The second-order valence-corrected chi connectivity index (χ2v) is 18.0. The van der Waals surface area contributed by atoms with E-state index in [1.54, 1.807) is 14.2 Å². The Morgan fingerprint density at radius 3 is 1.63 bits per heavy atom. The summed E-state index contributed by atoms with van der Waals surface area (Å²) in [7, 11) is 5.36. The third kappa shape index (κ3) is 23.3. The summed E-state index contributed by atoms with van der Waals surface area (Å²) in [5.41, 5.74) is 0.953. The molecule has 12 nitrogen and oxygen atoms in total. The summed E-state index contributed by atoms with van der Waals surface area (Å²) in [5.74, 6) is 1.50. The van der Waals surface area contributed by atoms with Gasteiger partial charge in [-0.05, 0) is 60.2 Å². The highest BCUT2D eigenvalue weighted by atomic mass is 31.0. The molecule has 0 spiro atoms. The van der Waals surface area contributed by atoms with Gasteiger partial charge in [-0.3, -0.25) is 14.3 Å². The first-order chi connectivity index (χ1) is 33.0. The van der Waals surface area contributed by atoms with Gasteiger partial charge in [-0.1, -0.05) is 173 Å². The average molecular weight is 961 g/mol. The van der Waals surface area contributed by atoms with Crippen LogP contribution >= 0.6 is 9.47 Å². The molecule has 2 heterocycles. The minimum Gasteiger partial charge on any atom is -0.497 e. The van der Waals surface area contributed by atoms with Gasteiger partial charge in [0.25, 0.3) is 5.56 Å². The number of aliphatic hydroxyl groups excluding tert-OH is 1. The van der Waals surface area contributed by atoms with Crippen LogP contribution in [0.1, 0.15) is 167 Å². The number of ether oxygens (including phenoxy) is 4. The van der Waals surface area contributed by atoms with Crippen molar-refractivity contribution in [2.45, 2.75) is 174 Å². The van der Waals surface area contributed by atoms with Gasteiger partial charge in [0.2, 0.25) is 0 Å². The molecule has 1 fully saturated rings. The van der Waals surface area contributed by atoms with Crippen LogP contribution in [0, 0.1) is 11.3 Å². The quantitative estimate of drug-likeness (QED) is 0.0298. The number of benzene rings is 3. The molecular formula is C55H85N4O8P. The van der Waals surface area contributed by atoms with Crippen LogP contribution in [-0.2, 0) is 19.6 Å². The zero-order valence-electron chi connectivity index (χ0n) is 42.4. The molecule has 0 aliphatic carbocycles.